The molecule has 2 heteroatoms. The van der Waals surface area contributed by atoms with E-state index in [1.807, 2.05) is 0 Å². The quantitative estimate of drug-likeness (QED) is 0.858. The SMILES string of the molecule is Cc1ccc(NCC2CCCC2)c(Br)c1. The van der Waals surface area contributed by atoms with Crippen LogP contribution in [0.2, 0.25) is 0 Å². The van der Waals surface area contributed by atoms with Crippen LogP contribution in [0.1, 0.15) is 31.2 Å². The van der Waals surface area contributed by atoms with Gasteiger partial charge in [-0.15, -0.1) is 0 Å². The highest BCUT2D eigenvalue weighted by Crippen LogP contribution is 2.27. The summed E-state index contributed by atoms with van der Waals surface area (Å²) < 4.78 is 1.18. The molecule has 1 nitrogen and oxygen atoms in total. The number of aryl methyl sites for hydroxylation is 1. The molecule has 0 atom stereocenters. The molecule has 1 aromatic carbocycles. The van der Waals surface area contributed by atoms with Crippen LogP contribution in [0.25, 0.3) is 0 Å². The Hall–Kier alpha value is -0.500. The lowest BCUT2D eigenvalue weighted by Gasteiger charge is -2.13. The Kier molecular flexibility index (Phi) is 3.68. The number of nitrogens with one attached hydrogen (secondary N) is 1. The summed E-state index contributed by atoms with van der Waals surface area (Å²) in [5.74, 6) is 0.887. The first kappa shape index (κ1) is 11.0. The summed E-state index contributed by atoms with van der Waals surface area (Å²) in [6, 6.07) is 6.48. The first-order valence-electron chi connectivity index (χ1n) is 5.76. The van der Waals surface area contributed by atoms with Crippen LogP contribution in [-0.4, -0.2) is 6.54 Å². The van der Waals surface area contributed by atoms with Gasteiger partial charge in [-0.3, -0.25) is 0 Å². The molecule has 1 N–H and O–H groups in total. The lowest BCUT2D eigenvalue weighted by molar-refractivity contribution is 0.580. The van der Waals surface area contributed by atoms with Gasteiger partial charge in [0.05, 0.1) is 0 Å². The van der Waals surface area contributed by atoms with Crippen molar-refractivity contribution in [1.29, 1.82) is 0 Å². The third-order valence-electron chi connectivity index (χ3n) is 3.18. The molecule has 1 aromatic rings. The topological polar surface area (TPSA) is 12.0 Å². The Morgan fingerprint density at radius 3 is 2.73 bits per heavy atom. The van der Waals surface area contributed by atoms with Gasteiger partial charge in [-0.25, -0.2) is 0 Å². The molecule has 0 unspecified atom stereocenters. The van der Waals surface area contributed by atoms with Gasteiger partial charge in [0.2, 0.25) is 0 Å². The van der Waals surface area contributed by atoms with Crippen LogP contribution in [0.3, 0.4) is 0 Å². The van der Waals surface area contributed by atoms with E-state index in [0.717, 1.165) is 12.5 Å². The number of hydrogen-bond donors (Lipinski definition) is 1. The van der Waals surface area contributed by atoms with Gasteiger partial charge < -0.3 is 5.32 Å². The molecule has 15 heavy (non-hydrogen) atoms. The second-order valence-electron chi connectivity index (χ2n) is 4.51. The second kappa shape index (κ2) is 5.02. The Morgan fingerprint density at radius 2 is 2.07 bits per heavy atom. The fraction of sp³-hybridized carbons (Fsp3) is 0.538. The zero-order chi connectivity index (χ0) is 10.7. The van der Waals surface area contributed by atoms with Gasteiger partial charge in [0.25, 0.3) is 0 Å². The summed E-state index contributed by atoms with van der Waals surface area (Å²) in [5.41, 5.74) is 2.53. The van der Waals surface area contributed by atoms with Crippen LogP contribution < -0.4 is 5.32 Å². The van der Waals surface area contributed by atoms with Gasteiger partial charge in [-0.05, 0) is 59.3 Å². The maximum Gasteiger partial charge on any atom is 0.0484 e. The first-order chi connectivity index (χ1) is 7.25. The molecule has 0 bridgehead atoms. The predicted octanol–water partition coefficient (Wildman–Crippen LogP) is 4.36. The molecule has 0 radical (unpaired) electrons. The minimum absolute atomic E-state index is 0.887. The predicted molar refractivity (Wildman–Crippen MR) is 69.3 cm³/mol. The van der Waals surface area contributed by atoms with E-state index in [1.165, 1.54) is 41.4 Å². The molecule has 1 fully saturated rings. The number of anilines is 1. The minimum atomic E-state index is 0.887. The summed E-state index contributed by atoms with van der Waals surface area (Å²) in [6.45, 7) is 3.24. The zero-order valence-electron chi connectivity index (χ0n) is 9.22. The van der Waals surface area contributed by atoms with Gasteiger partial charge in [0, 0.05) is 16.7 Å². The van der Waals surface area contributed by atoms with Gasteiger partial charge in [0.1, 0.15) is 0 Å². The zero-order valence-corrected chi connectivity index (χ0v) is 10.8. The van der Waals surface area contributed by atoms with Crippen molar-refractivity contribution in [2.24, 2.45) is 5.92 Å². The third kappa shape index (κ3) is 2.97. The Bertz CT molecular complexity index is 329. The summed E-state index contributed by atoms with van der Waals surface area (Å²) in [6.07, 6.45) is 5.63. The molecule has 82 valence electrons. The Labute approximate surface area is 100 Å². The smallest absolute Gasteiger partial charge is 0.0484 e. The van der Waals surface area contributed by atoms with Crippen LogP contribution in [0.15, 0.2) is 22.7 Å². The fourth-order valence-corrected chi connectivity index (χ4v) is 2.87. The molecule has 1 aliphatic carbocycles. The average molecular weight is 268 g/mol. The van der Waals surface area contributed by atoms with Crippen LogP contribution in [-0.2, 0) is 0 Å². The van der Waals surface area contributed by atoms with Crippen LogP contribution in [0.4, 0.5) is 5.69 Å². The third-order valence-corrected chi connectivity index (χ3v) is 3.84. The molecule has 0 spiro atoms. The highest BCUT2D eigenvalue weighted by Gasteiger charge is 2.14. The molecular formula is C13H18BrN. The molecule has 0 amide bonds. The summed E-state index contributed by atoms with van der Waals surface area (Å²) in [7, 11) is 0. The first-order valence-corrected chi connectivity index (χ1v) is 6.55. The van der Waals surface area contributed by atoms with Crippen LogP contribution in [0.5, 0.6) is 0 Å². The Balaban J connectivity index is 1.92. The molecule has 2 rings (SSSR count). The monoisotopic (exact) mass is 267 g/mol. The van der Waals surface area contributed by atoms with Gasteiger partial charge in [0.15, 0.2) is 0 Å². The standard InChI is InChI=1S/C13H18BrN/c1-10-6-7-13(12(14)8-10)15-9-11-4-2-3-5-11/h6-8,11,15H,2-5,9H2,1H3. The number of benzene rings is 1. The highest BCUT2D eigenvalue weighted by atomic mass is 79.9. The van der Waals surface area contributed by atoms with E-state index >= 15 is 0 Å². The summed E-state index contributed by atoms with van der Waals surface area (Å²) in [4.78, 5) is 0. The van der Waals surface area contributed by atoms with E-state index in [4.69, 9.17) is 0 Å². The lowest BCUT2D eigenvalue weighted by Crippen LogP contribution is -2.11. The molecule has 1 aliphatic rings. The van der Waals surface area contributed by atoms with E-state index in [1.54, 1.807) is 0 Å². The lowest BCUT2D eigenvalue weighted by atomic mass is 10.1. The molecule has 0 heterocycles. The number of rotatable bonds is 3. The molecule has 0 aliphatic heterocycles. The van der Waals surface area contributed by atoms with Crippen molar-refractivity contribution in [2.75, 3.05) is 11.9 Å². The number of halogens is 1. The normalized spacial score (nSPS) is 16.9. The van der Waals surface area contributed by atoms with E-state index in [9.17, 15) is 0 Å². The Morgan fingerprint density at radius 1 is 1.33 bits per heavy atom. The van der Waals surface area contributed by atoms with Crippen molar-refractivity contribution in [2.45, 2.75) is 32.6 Å². The van der Waals surface area contributed by atoms with Crippen molar-refractivity contribution >= 4 is 21.6 Å². The fourth-order valence-electron chi connectivity index (χ4n) is 2.23. The highest BCUT2D eigenvalue weighted by molar-refractivity contribution is 9.10. The van der Waals surface area contributed by atoms with E-state index in [-0.39, 0.29) is 0 Å². The minimum Gasteiger partial charge on any atom is -0.384 e. The summed E-state index contributed by atoms with van der Waals surface area (Å²) >= 11 is 3.59. The largest absolute Gasteiger partial charge is 0.384 e. The van der Waals surface area contributed by atoms with Crippen molar-refractivity contribution in [1.82, 2.24) is 0 Å². The van der Waals surface area contributed by atoms with Crippen LogP contribution in [0, 0.1) is 12.8 Å². The molecular weight excluding hydrogens is 250 g/mol. The second-order valence-corrected chi connectivity index (χ2v) is 5.37. The molecule has 0 aromatic heterocycles. The maximum absolute atomic E-state index is 3.59. The summed E-state index contributed by atoms with van der Waals surface area (Å²) in [5, 5.41) is 3.54. The van der Waals surface area contributed by atoms with Crippen molar-refractivity contribution < 1.29 is 0 Å². The van der Waals surface area contributed by atoms with Crippen LogP contribution >= 0.6 is 15.9 Å². The average Bonchev–Trinajstić information content (AvgIpc) is 2.69. The van der Waals surface area contributed by atoms with Crippen molar-refractivity contribution in [3.05, 3.63) is 28.2 Å². The molecule has 1 saturated carbocycles. The van der Waals surface area contributed by atoms with E-state index in [2.05, 4.69) is 46.4 Å². The number of hydrogen-bond acceptors (Lipinski definition) is 1. The van der Waals surface area contributed by atoms with Gasteiger partial charge in [-0.1, -0.05) is 18.9 Å². The van der Waals surface area contributed by atoms with Gasteiger partial charge in [-0.2, -0.15) is 0 Å². The maximum atomic E-state index is 3.59. The van der Waals surface area contributed by atoms with Crippen molar-refractivity contribution in [3.63, 3.8) is 0 Å². The van der Waals surface area contributed by atoms with E-state index in [0.29, 0.717) is 0 Å². The van der Waals surface area contributed by atoms with E-state index < -0.39 is 0 Å². The van der Waals surface area contributed by atoms with Crippen molar-refractivity contribution in [3.8, 4) is 0 Å². The molecule has 0 saturated heterocycles. The van der Waals surface area contributed by atoms with Gasteiger partial charge >= 0.3 is 0 Å².